The highest BCUT2D eigenvalue weighted by Crippen LogP contribution is 2.45. The maximum atomic E-state index is 14.1. The Morgan fingerprint density at radius 3 is 0.978 bits per heavy atom. The number of halogens is 8. The van der Waals surface area contributed by atoms with Crippen LogP contribution >= 0.6 is 45.3 Å². The number of nitrogens with one attached hydrogen (secondary N) is 8. The van der Waals surface area contributed by atoms with Crippen molar-refractivity contribution in [3.05, 3.63) is 114 Å². The zero-order valence-electron chi connectivity index (χ0n) is 80.7. The first-order valence-electron chi connectivity index (χ1n) is 46.1. The molecule has 12 N–H and O–H groups in total. The van der Waals surface area contributed by atoms with Crippen LogP contribution in [0.1, 0.15) is 278 Å². The lowest BCUT2D eigenvalue weighted by atomic mass is 9.89. The van der Waals surface area contributed by atoms with E-state index in [1.807, 2.05) is 100 Å². The highest BCUT2D eigenvalue weighted by Gasteiger charge is 2.51. The van der Waals surface area contributed by atoms with Crippen LogP contribution in [0.3, 0.4) is 0 Å². The number of pyridine rings is 4. The Morgan fingerprint density at radius 2 is 0.725 bits per heavy atom. The molecule has 8 aromatic rings. The van der Waals surface area contributed by atoms with Gasteiger partial charge in [-0.1, -0.05) is 13.8 Å². The lowest BCUT2D eigenvalue weighted by Gasteiger charge is -2.31. The second-order valence-corrected chi connectivity index (χ2v) is 42.3. The number of hydrogen-bond acceptors (Lipinski definition) is 28. The molecule has 0 bridgehead atoms. The number of carbonyl (C=O) groups excluding carboxylic acids is 8. The molecule has 6 aliphatic rings. The van der Waals surface area contributed by atoms with Crippen molar-refractivity contribution in [1.29, 1.82) is 0 Å². The van der Waals surface area contributed by atoms with Gasteiger partial charge in [0, 0.05) is 139 Å². The third kappa shape index (κ3) is 26.9. The molecule has 8 aromatic heterocycles. The molecule has 6 fully saturated rings. The monoisotopic (exact) mass is 2000 g/mol. The van der Waals surface area contributed by atoms with Crippen molar-refractivity contribution >= 4 is 116 Å². The molecule has 0 radical (unpaired) electrons. The number of thiazole rings is 4. The number of aromatic nitrogens is 8. The number of nitrogens with zero attached hydrogens (tertiary/aromatic N) is 12. The van der Waals surface area contributed by atoms with Crippen LogP contribution in [0, 0.1) is 27.7 Å². The summed E-state index contributed by atoms with van der Waals surface area (Å²) < 4.78 is 112. The highest BCUT2D eigenvalue weighted by atomic mass is 32.1. The standard InChI is InChI=1S/C25H33F2N5O3S.C24H31F2N5O3S.C23H31F2N5O3S.C22H29F2N5O3S/c1-5-14(3)29-19-9-13(2)16(11-28-19)21-20(24(35)32-12-25(26,27)10-15(32)4)31-23(36-21)22(34)30-17-7-6-8-18(17)33;1-5-13(3)28-18-6-12(2)17(10-27-18)20-19(23(34)31-11-24(25,26)9-14(31)4)30-22(35-20)21(33)29-15-7-16(32)8-15;1-12-7-16(29-22(4,5)6)26-9-15(12)18-17(21(33)30-11-23(24,25)8-14(30)3)28-20(34-18)19(32)27-13(2)10-31;1-11(2)26-16-6-12(3)15(8-25-16)18-17(21(32)29-10-22(23,24)7-14(29)5)28-20(33-18)19(31)27-13(4)9-30/h9,11,14-15,17-18,33H,5-8,10,12H2,1-4H3,(H,28,29)(H,30,34);6,10,13-16,32H,5,7-9,11H2,1-4H3,(H,27,28)(H,29,33);7,9,13-14,31H,8,10-11H2,1-6H3,(H,26,29)(H,27,32);6,8,11,13-14,30H,7,9-10H2,1-5H3,(H,25,26)(H,27,31)/t14-,15+,17-,18-;13-,14+,15?,16?;2*13-,14+/m1111/s1. The van der Waals surface area contributed by atoms with E-state index in [-0.39, 0.29) is 91.8 Å². The molecule has 0 aromatic carbocycles. The minimum Gasteiger partial charge on any atom is -0.394 e. The van der Waals surface area contributed by atoms with Crippen LogP contribution in [0.5, 0.6) is 0 Å². The Morgan fingerprint density at radius 1 is 0.435 bits per heavy atom. The Bertz CT molecular complexity index is 5750. The summed E-state index contributed by atoms with van der Waals surface area (Å²) in [7, 11) is 0. The van der Waals surface area contributed by atoms with Crippen molar-refractivity contribution in [3.63, 3.8) is 0 Å². The van der Waals surface area contributed by atoms with Gasteiger partial charge in [0.1, 0.15) is 46.0 Å². The van der Waals surface area contributed by atoms with Gasteiger partial charge >= 0.3 is 0 Å². The molecule has 138 heavy (non-hydrogen) atoms. The van der Waals surface area contributed by atoms with Crippen molar-refractivity contribution in [1.82, 2.24) is 80.7 Å². The Kier molecular flexibility index (Phi) is 34.7. The molecule has 0 unspecified atom stereocenters. The van der Waals surface area contributed by atoms with Gasteiger partial charge in [-0.15, -0.1) is 45.3 Å². The van der Waals surface area contributed by atoms with Crippen LogP contribution in [0.4, 0.5) is 58.4 Å². The molecule has 2 saturated carbocycles. The van der Waals surface area contributed by atoms with Crippen molar-refractivity contribution in [2.75, 3.05) is 60.7 Å². The quantitative estimate of drug-likeness (QED) is 0.0213. The summed E-state index contributed by atoms with van der Waals surface area (Å²) in [5, 5.41) is 62.1. The number of aryl methyl sites for hydroxylation is 4. The van der Waals surface area contributed by atoms with Gasteiger partial charge in [-0.25, -0.2) is 75.0 Å². The third-order valence-electron chi connectivity index (χ3n) is 24.2. The van der Waals surface area contributed by atoms with E-state index in [1.54, 1.807) is 66.3 Å². The minimum atomic E-state index is -2.97. The Labute approximate surface area is 812 Å². The molecule has 752 valence electrons. The van der Waals surface area contributed by atoms with Crippen LogP contribution in [0.2, 0.25) is 0 Å². The molecule has 12 heterocycles. The number of aliphatic hydroxyl groups excluding tert-OH is 4. The second kappa shape index (κ2) is 44.5. The Balaban J connectivity index is 0.000000176. The van der Waals surface area contributed by atoms with Crippen LogP contribution < -0.4 is 42.5 Å². The first-order chi connectivity index (χ1) is 64.6. The molecular formula is C94H124F8N20O12S4. The van der Waals surface area contributed by atoms with Crippen molar-refractivity contribution in [2.45, 2.75) is 310 Å². The van der Waals surface area contributed by atoms with Crippen molar-refractivity contribution in [2.24, 2.45) is 0 Å². The summed E-state index contributed by atoms with van der Waals surface area (Å²) in [4.78, 5) is 146. The molecule has 14 rings (SSSR count). The lowest BCUT2D eigenvalue weighted by molar-refractivity contribution is 0.0115. The van der Waals surface area contributed by atoms with E-state index in [0.29, 0.717) is 90.7 Å². The van der Waals surface area contributed by atoms with Crippen LogP contribution in [-0.4, -0.2) is 274 Å². The number of anilines is 4. The molecule has 32 nitrogen and oxygen atoms in total. The van der Waals surface area contributed by atoms with Gasteiger partial charge in [0.15, 0.2) is 20.0 Å². The average Bonchev–Trinajstić information content (AvgIpc) is 1.64. The molecule has 4 saturated heterocycles. The fourth-order valence-electron chi connectivity index (χ4n) is 16.5. The van der Waals surface area contributed by atoms with Crippen LogP contribution in [0.25, 0.3) is 41.8 Å². The van der Waals surface area contributed by atoms with Gasteiger partial charge in [-0.05, 0) is 209 Å². The van der Waals surface area contributed by atoms with Gasteiger partial charge in [0.25, 0.3) is 70.9 Å². The lowest BCUT2D eigenvalue weighted by Crippen LogP contribution is -2.46. The number of likely N-dealkylation sites (tertiary alicyclic amines) is 4. The smallest absolute Gasteiger partial charge is 0.280 e. The summed E-state index contributed by atoms with van der Waals surface area (Å²) >= 11 is 4.07. The molecular weight excluding hydrogens is 1880 g/mol. The normalized spacial score (nSPS) is 21.4. The molecule has 2 aliphatic carbocycles. The number of alkyl halides is 8. The number of carbonyl (C=O) groups is 8. The predicted octanol–water partition coefficient (Wildman–Crippen LogP) is 15.1. The predicted molar refractivity (Wildman–Crippen MR) is 515 cm³/mol. The first kappa shape index (κ1) is 108. The maximum Gasteiger partial charge on any atom is 0.280 e. The molecule has 0 spiro atoms. The van der Waals surface area contributed by atoms with Crippen LogP contribution in [-0.2, 0) is 0 Å². The third-order valence-corrected chi connectivity index (χ3v) is 28.5. The molecule has 8 amide bonds. The molecule has 44 heteroatoms. The average molecular weight is 2010 g/mol. The first-order valence-corrected chi connectivity index (χ1v) is 49.4. The van der Waals surface area contributed by atoms with Crippen molar-refractivity contribution < 1.29 is 93.9 Å². The van der Waals surface area contributed by atoms with E-state index in [4.69, 9.17) is 0 Å². The number of hydrogen-bond donors (Lipinski definition) is 12. The summed E-state index contributed by atoms with van der Waals surface area (Å²) in [5.41, 5.74) is 5.25. The van der Waals surface area contributed by atoms with Gasteiger partial charge in [0.2, 0.25) is 0 Å². The van der Waals surface area contributed by atoms with E-state index in [9.17, 15) is 93.9 Å². The largest absolute Gasteiger partial charge is 0.394 e. The summed E-state index contributed by atoms with van der Waals surface area (Å²) in [6.45, 7) is 31.9. The maximum absolute atomic E-state index is 14.1. The summed E-state index contributed by atoms with van der Waals surface area (Å²) in [6, 6.07) is 3.80. The summed E-state index contributed by atoms with van der Waals surface area (Å²) in [5.74, 6) is -13.8. The zero-order chi connectivity index (χ0) is 102. The summed E-state index contributed by atoms with van der Waals surface area (Å²) in [6.07, 6.45) is 8.54. The minimum absolute atomic E-state index is 0.00792. The van der Waals surface area contributed by atoms with Gasteiger partial charge in [0.05, 0.1) is 77.2 Å². The SMILES string of the molecule is CC[C@@H](C)Nc1cc(C)c(-c2sc(C(=O)NC3CC(O)C3)nc2C(=O)N2CC(F)(F)C[C@@H]2C)cn1.CC[C@@H](C)Nc1cc(C)c(-c2sc(C(=O)N[C@@H]3CCC[C@H]3O)nc2C(=O)N2CC(F)(F)C[C@@H]2C)cn1.Cc1cc(NC(C)(C)C)ncc1-c1sc(C(=O)N[C@H](C)CO)nc1C(=O)N1CC(F)(F)C[C@@H]1C.Cc1cc(NC(C)C)ncc1-c1sc(C(=O)N[C@H](C)CO)nc1C(=O)N1CC(F)(F)C[C@@H]1C. The number of rotatable bonds is 27. The van der Waals surface area contributed by atoms with Crippen LogP contribution in [0.15, 0.2) is 49.1 Å². The topological polar surface area (TPSA) is 430 Å². The number of amides is 8. The van der Waals surface area contributed by atoms with E-state index in [1.165, 1.54) is 0 Å². The van der Waals surface area contributed by atoms with Crippen molar-refractivity contribution in [3.8, 4) is 41.8 Å². The second-order valence-electron chi connectivity index (χ2n) is 38.3. The van der Waals surface area contributed by atoms with Gasteiger partial charge < -0.3 is 82.6 Å². The van der Waals surface area contributed by atoms with Gasteiger partial charge in [-0.3, -0.25) is 38.4 Å². The molecule has 4 aliphatic heterocycles. The van der Waals surface area contributed by atoms with E-state index in [2.05, 4.69) is 96.3 Å². The Hall–Kier alpha value is -10.6. The van der Waals surface area contributed by atoms with E-state index in [0.717, 1.165) is 106 Å². The van der Waals surface area contributed by atoms with E-state index >= 15 is 0 Å². The van der Waals surface area contributed by atoms with E-state index < -0.39 is 171 Å². The van der Waals surface area contributed by atoms with Gasteiger partial charge in [-0.2, -0.15) is 0 Å². The highest BCUT2D eigenvalue weighted by molar-refractivity contribution is 7.18. The zero-order valence-corrected chi connectivity index (χ0v) is 84.0. The number of aliphatic hydroxyl groups is 4. The fourth-order valence-corrected chi connectivity index (χ4v) is 20.6. The fraction of sp³-hybridized carbons (Fsp3) is 0.574. The molecule has 10 atom stereocenters.